The molecule has 0 saturated carbocycles. The second kappa shape index (κ2) is 10.6. The second-order valence-electron chi connectivity index (χ2n) is 5.31. The van der Waals surface area contributed by atoms with Gasteiger partial charge in [-0.1, -0.05) is 13.3 Å². The Morgan fingerprint density at radius 1 is 1.00 bits per heavy atom. The first-order valence-electron chi connectivity index (χ1n) is 8.65. The summed E-state index contributed by atoms with van der Waals surface area (Å²) in [6, 6.07) is 3.38. The molecule has 1 N–H and O–H groups in total. The summed E-state index contributed by atoms with van der Waals surface area (Å²) in [5.41, 5.74) is 0.624. The van der Waals surface area contributed by atoms with E-state index < -0.39 is 0 Å². The average Bonchev–Trinajstić information content (AvgIpc) is 2.56. The average molecular weight is 338 g/mol. The van der Waals surface area contributed by atoms with Crippen LogP contribution in [0.3, 0.4) is 0 Å². The van der Waals surface area contributed by atoms with Gasteiger partial charge >= 0.3 is 6.03 Å². The van der Waals surface area contributed by atoms with Crippen LogP contribution in [0, 0.1) is 0 Å². The molecule has 0 bridgehead atoms. The van der Waals surface area contributed by atoms with Crippen LogP contribution in [0.4, 0.5) is 10.5 Å². The zero-order chi connectivity index (χ0) is 17.9. The van der Waals surface area contributed by atoms with Crippen molar-refractivity contribution in [2.75, 3.05) is 38.7 Å². The van der Waals surface area contributed by atoms with Gasteiger partial charge in [0, 0.05) is 25.7 Å². The molecule has 24 heavy (non-hydrogen) atoms. The highest BCUT2D eigenvalue weighted by Gasteiger charge is 2.17. The number of amides is 2. The van der Waals surface area contributed by atoms with Crippen LogP contribution >= 0.6 is 0 Å². The Kier molecular flexibility index (Phi) is 8.83. The van der Waals surface area contributed by atoms with Crippen molar-refractivity contribution in [1.29, 1.82) is 0 Å². The zero-order valence-electron chi connectivity index (χ0n) is 15.5. The van der Waals surface area contributed by atoms with Crippen molar-refractivity contribution in [3.8, 4) is 17.2 Å². The first-order chi connectivity index (χ1) is 11.6. The fourth-order valence-electron chi connectivity index (χ4n) is 2.18. The van der Waals surface area contributed by atoms with E-state index in [1.165, 1.54) is 0 Å². The van der Waals surface area contributed by atoms with Crippen molar-refractivity contribution < 1.29 is 19.0 Å². The number of rotatable bonds is 10. The molecule has 1 aromatic rings. The molecule has 0 fully saturated rings. The topological polar surface area (TPSA) is 60.0 Å². The Labute approximate surface area is 145 Å². The molecular formula is C18H30N2O4. The van der Waals surface area contributed by atoms with Gasteiger partial charge in [0.25, 0.3) is 0 Å². The van der Waals surface area contributed by atoms with Crippen LogP contribution in [0.5, 0.6) is 17.2 Å². The SMILES string of the molecule is CCCCN(C)C(=O)Nc1cc(OCC)c(OCC)c(OCC)c1. The normalized spacial score (nSPS) is 10.2. The van der Waals surface area contributed by atoms with E-state index in [1.54, 1.807) is 24.1 Å². The lowest BCUT2D eigenvalue weighted by Gasteiger charge is -2.20. The maximum Gasteiger partial charge on any atom is 0.321 e. The number of ether oxygens (including phenoxy) is 3. The quantitative estimate of drug-likeness (QED) is 0.696. The van der Waals surface area contributed by atoms with Gasteiger partial charge < -0.3 is 24.4 Å². The number of carbonyl (C=O) groups is 1. The van der Waals surface area contributed by atoms with Crippen LogP contribution in [-0.2, 0) is 0 Å². The number of carbonyl (C=O) groups excluding carboxylic acids is 1. The highest BCUT2D eigenvalue weighted by atomic mass is 16.5. The van der Waals surface area contributed by atoms with Crippen molar-refractivity contribution in [1.82, 2.24) is 4.90 Å². The molecule has 1 aromatic carbocycles. The van der Waals surface area contributed by atoms with Crippen LogP contribution in [0.15, 0.2) is 12.1 Å². The largest absolute Gasteiger partial charge is 0.490 e. The third kappa shape index (κ3) is 5.83. The summed E-state index contributed by atoms with van der Waals surface area (Å²) in [4.78, 5) is 13.9. The molecule has 0 atom stereocenters. The summed E-state index contributed by atoms with van der Waals surface area (Å²) >= 11 is 0. The standard InChI is InChI=1S/C18H30N2O4/c1-6-10-11-20(5)18(21)19-14-12-15(22-7-2)17(24-9-4)16(13-14)23-8-3/h12-13H,6-11H2,1-5H3,(H,19,21). The lowest BCUT2D eigenvalue weighted by atomic mass is 10.2. The Morgan fingerprint density at radius 3 is 2.00 bits per heavy atom. The molecule has 0 unspecified atom stereocenters. The van der Waals surface area contributed by atoms with E-state index in [0.717, 1.165) is 19.4 Å². The van der Waals surface area contributed by atoms with Crippen molar-refractivity contribution in [3.05, 3.63) is 12.1 Å². The van der Waals surface area contributed by atoms with Gasteiger partial charge in [-0.2, -0.15) is 0 Å². The maximum absolute atomic E-state index is 12.3. The third-order valence-corrected chi connectivity index (χ3v) is 3.35. The molecule has 2 amide bonds. The molecule has 0 heterocycles. The molecular weight excluding hydrogens is 308 g/mol. The van der Waals surface area contributed by atoms with Gasteiger partial charge in [-0.3, -0.25) is 0 Å². The van der Waals surface area contributed by atoms with Gasteiger partial charge in [-0.05, 0) is 27.2 Å². The van der Waals surface area contributed by atoms with E-state index in [1.807, 2.05) is 20.8 Å². The van der Waals surface area contributed by atoms with Gasteiger partial charge in [-0.25, -0.2) is 4.79 Å². The van der Waals surface area contributed by atoms with Gasteiger partial charge in [0.1, 0.15) is 0 Å². The van der Waals surface area contributed by atoms with Crippen LogP contribution in [0.25, 0.3) is 0 Å². The Balaban J connectivity index is 3.03. The van der Waals surface area contributed by atoms with Crippen molar-refractivity contribution in [3.63, 3.8) is 0 Å². The molecule has 0 spiro atoms. The first kappa shape index (κ1) is 19.9. The molecule has 6 nitrogen and oxygen atoms in total. The van der Waals surface area contributed by atoms with E-state index >= 15 is 0 Å². The van der Waals surface area contributed by atoms with E-state index in [2.05, 4.69) is 12.2 Å². The Bertz CT molecular complexity index is 493. The van der Waals surface area contributed by atoms with E-state index in [4.69, 9.17) is 14.2 Å². The molecule has 0 radical (unpaired) electrons. The van der Waals surface area contributed by atoms with Crippen LogP contribution < -0.4 is 19.5 Å². The summed E-state index contributed by atoms with van der Waals surface area (Å²) in [6.07, 6.45) is 2.02. The molecule has 136 valence electrons. The molecule has 0 aliphatic carbocycles. The lowest BCUT2D eigenvalue weighted by Crippen LogP contribution is -2.32. The monoisotopic (exact) mass is 338 g/mol. The number of urea groups is 1. The number of anilines is 1. The van der Waals surface area contributed by atoms with Gasteiger partial charge in [0.15, 0.2) is 11.5 Å². The highest BCUT2D eigenvalue weighted by molar-refractivity contribution is 5.90. The summed E-state index contributed by atoms with van der Waals surface area (Å²) in [7, 11) is 1.78. The number of nitrogens with zero attached hydrogens (tertiary/aromatic N) is 1. The summed E-state index contributed by atoms with van der Waals surface area (Å²) in [6.45, 7) is 10.0. The molecule has 0 aliphatic rings. The van der Waals surface area contributed by atoms with E-state index in [0.29, 0.717) is 42.8 Å². The predicted octanol–water partition coefficient (Wildman–Crippen LogP) is 4.15. The van der Waals surface area contributed by atoms with Crippen LogP contribution in [0.2, 0.25) is 0 Å². The zero-order valence-corrected chi connectivity index (χ0v) is 15.5. The van der Waals surface area contributed by atoms with Gasteiger partial charge in [0.2, 0.25) is 5.75 Å². The number of benzene rings is 1. The maximum atomic E-state index is 12.3. The number of unbranched alkanes of at least 4 members (excludes halogenated alkanes) is 1. The Hall–Kier alpha value is -2.11. The van der Waals surface area contributed by atoms with Crippen molar-refractivity contribution in [2.45, 2.75) is 40.5 Å². The minimum Gasteiger partial charge on any atom is -0.490 e. The highest BCUT2D eigenvalue weighted by Crippen LogP contribution is 2.40. The molecule has 0 saturated heterocycles. The smallest absolute Gasteiger partial charge is 0.321 e. The summed E-state index contributed by atoms with van der Waals surface area (Å²) < 4.78 is 17.0. The summed E-state index contributed by atoms with van der Waals surface area (Å²) in [5.74, 6) is 1.70. The minimum absolute atomic E-state index is 0.155. The van der Waals surface area contributed by atoms with Gasteiger partial charge in [0.05, 0.1) is 25.5 Å². The fourth-order valence-corrected chi connectivity index (χ4v) is 2.18. The van der Waals surface area contributed by atoms with Crippen molar-refractivity contribution >= 4 is 11.7 Å². The fraction of sp³-hybridized carbons (Fsp3) is 0.611. The van der Waals surface area contributed by atoms with Crippen LogP contribution in [0.1, 0.15) is 40.5 Å². The molecule has 0 aromatic heterocycles. The summed E-state index contributed by atoms with van der Waals surface area (Å²) in [5, 5.41) is 2.89. The first-order valence-corrected chi connectivity index (χ1v) is 8.65. The molecule has 6 heteroatoms. The predicted molar refractivity (Wildman–Crippen MR) is 96.5 cm³/mol. The van der Waals surface area contributed by atoms with E-state index in [-0.39, 0.29) is 6.03 Å². The lowest BCUT2D eigenvalue weighted by molar-refractivity contribution is 0.222. The molecule has 0 aliphatic heterocycles. The van der Waals surface area contributed by atoms with E-state index in [9.17, 15) is 4.79 Å². The Morgan fingerprint density at radius 2 is 1.54 bits per heavy atom. The van der Waals surface area contributed by atoms with Gasteiger partial charge in [-0.15, -0.1) is 0 Å². The third-order valence-electron chi connectivity index (χ3n) is 3.35. The second-order valence-corrected chi connectivity index (χ2v) is 5.31. The van der Waals surface area contributed by atoms with Crippen molar-refractivity contribution in [2.24, 2.45) is 0 Å². The number of hydrogen-bond donors (Lipinski definition) is 1. The number of hydrogen-bond acceptors (Lipinski definition) is 4. The minimum atomic E-state index is -0.155. The molecule has 1 rings (SSSR count). The number of nitrogens with one attached hydrogen (secondary N) is 1. The van der Waals surface area contributed by atoms with Crippen LogP contribution in [-0.4, -0.2) is 44.3 Å².